The number of hydrogen-bond donors (Lipinski definition) is 2. The lowest BCUT2D eigenvalue weighted by Gasteiger charge is -2.34. The zero-order valence-electron chi connectivity index (χ0n) is 20.4. The Kier molecular flexibility index (Phi) is 13.5. The molecule has 2 N–H and O–H groups in total. The van der Waals surface area contributed by atoms with Gasteiger partial charge in [-0.1, -0.05) is 37.3 Å². The summed E-state index contributed by atoms with van der Waals surface area (Å²) in [7, 11) is 0. The van der Waals surface area contributed by atoms with Crippen LogP contribution in [0.3, 0.4) is 0 Å². The van der Waals surface area contributed by atoms with E-state index < -0.39 is 0 Å². The number of hydrogen-bond acceptors (Lipinski definition) is 4. The molecule has 2 aromatic carbocycles. The van der Waals surface area contributed by atoms with Crippen molar-refractivity contribution in [3.63, 3.8) is 0 Å². The van der Waals surface area contributed by atoms with E-state index in [2.05, 4.69) is 70.7 Å². The molecule has 0 aliphatic carbocycles. The number of nitrogens with zero attached hydrogens (tertiary/aromatic N) is 3. The molecule has 0 unspecified atom stereocenters. The van der Waals surface area contributed by atoms with Gasteiger partial charge >= 0.3 is 0 Å². The summed E-state index contributed by atoms with van der Waals surface area (Å²) in [5.74, 6) is 1.84. The Balaban J connectivity index is 0.00000385. The monoisotopic (exact) mass is 567 g/mol. The predicted molar refractivity (Wildman–Crippen MR) is 151 cm³/mol. The molecule has 2 aromatic rings. The van der Waals surface area contributed by atoms with Gasteiger partial charge in [-0.05, 0) is 55.8 Å². The molecule has 3 rings (SSSR count). The molecule has 0 spiro atoms. The molecule has 0 saturated carbocycles. The molecule has 33 heavy (non-hydrogen) atoms. The summed E-state index contributed by atoms with van der Waals surface area (Å²) in [4.78, 5) is 9.83. The van der Waals surface area contributed by atoms with E-state index in [1.165, 1.54) is 62.9 Å². The van der Waals surface area contributed by atoms with Gasteiger partial charge < -0.3 is 25.2 Å². The second-order valence-electron chi connectivity index (χ2n) is 8.38. The maximum absolute atomic E-state index is 5.92. The van der Waals surface area contributed by atoms with Crippen molar-refractivity contribution in [3.05, 3.63) is 42.5 Å². The quantitative estimate of drug-likeness (QED) is 0.174. The molecule has 0 atom stereocenters. The van der Waals surface area contributed by atoms with Gasteiger partial charge in [0.2, 0.25) is 0 Å². The first-order chi connectivity index (χ1) is 15.8. The van der Waals surface area contributed by atoms with E-state index in [1.807, 2.05) is 6.07 Å². The second-order valence-corrected chi connectivity index (χ2v) is 8.38. The highest BCUT2D eigenvalue weighted by molar-refractivity contribution is 14.0. The molecular weight excluding hydrogens is 525 g/mol. The Bertz CT molecular complexity index is 823. The van der Waals surface area contributed by atoms with Crippen LogP contribution in [-0.2, 0) is 0 Å². The summed E-state index contributed by atoms with van der Waals surface area (Å²) >= 11 is 0. The average molecular weight is 568 g/mol. The number of fused-ring (bicyclic) bond motifs is 1. The molecule has 0 amide bonds. The van der Waals surface area contributed by atoms with E-state index in [0.29, 0.717) is 6.61 Å². The number of piperazine rings is 1. The van der Waals surface area contributed by atoms with Crippen LogP contribution in [0.2, 0.25) is 0 Å². The minimum Gasteiger partial charge on any atom is -0.494 e. The number of nitrogens with one attached hydrogen (secondary N) is 2. The number of rotatable bonds is 12. The van der Waals surface area contributed by atoms with Crippen LogP contribution in [0.1, 0.15) is 33.1 Å². The van der Waals surface area contributed by atoms with Gasteiger partial charge in [0, 0.05) is 52.2 Å². The van der Waals surface area contributed by atoms with Crippen LogP contribution < -0.4 is 15.4 Å². The normalized spacial score (nSPS) is 15.3. The highest BCUT2D eigenvalue weighted by Gasteiger charge is 2.14. The van der Waals surface area contributed by atoms with E-state index in [-0.39, 0.29) is 24.0 Å². The molecule has 184 valence electrons. The van der Waals surface area contributed by atoms with Crippen molar-refractivity contribution in [2.24, 2.45) is 4.99 Å². The Morgan fingerprint density at radius 1 is 0.909 bits per heavy atom. The lowest BCUT2D eigenvalue weighted by atomic mass is 10.1. The van der Waals surface area contributed by atoms with E-state index in [1.54, 1.807) is 0 Å². The third kappa shape index (κ3) is 10.1. The van der Waals surface area contributed by atoms with Crippen LogP contribution in [0, 0.1) is 0 Å². The lowest BCUT2D eigenvalue weighted by molar-refractivity contribution is 0.136. The van der Waals surface area contributed by atoms with Gasteiger partial charge in [0.25, 0.3) is 0 Å². The Morgan fingerprint density at radius 2 is 1.67 bits per heavy atom. The van der Waals surface area contributed by atoms with E-state index in [0.717, 1.165) is 37.8 Å². The standard InChI is InChI=1S/C26H41N5O.HI/c1-3-27-26(28-14-7-8-16-31-19-17-30(4-2)18-20-31)29-15-9-21-32-25-13-12-23-10-5-6-11-24(23)22-25;/h5-6,10-13,22H,3-4,7-9,14-21H2,1-2H3,(H2,27,28,29);1H. The van der Waals surface area contributed by atoms with Gasteiger partial charge in [-0.15, -0.1) is 24.0 Å². The molecule has 7 heteroatoms. The molecule has 0 bridgehead atoms. The third-order valence-electron chi connectivity index (χ3n) is 6.01. The van der Waals surface area contributed by atoms with Crippen molar-refractivity contribution < 1.29 is 4.74 Å². The fraction of sp³-hybridized carbons (Fsp3) is 0.577. The third-order valence-corrected chi connectivity index (χ3v) is 6.01. The van der Waals surface area contributed by atoms with Crippen LogP contribution in [0.15, 0.2) is 47.5 Å². The zero-order chi connectivity index (χ0) is 22.4. The Labute approximate surface area is 217 Å². The van der Waals surface area contributed by atoms with Crippen LogP contribution in [-0.4, -0.2) is 81.3 Å². The number of aliphatic imine (C=N–C) groups is 1. The van der Waals surface area contributed by atoms with Crippen LogP contribution in [0.4, 0.5) is 0 Å². The van der Waals surface area contributed by atoms with Gasteiger partial charge in [-0.3, -0.25) is 4.99 Å². The van der Waals surface area contributed by atoms with E-state index in [4.69, 9.17) is 9.73 Å². The number of halogens is 1. The minimum absolute atomic E-state index is 0. The number of guanidine groups is 1. The Hall–Kier alpha value is -1.58. The van der Waals surface area contributed by atoms with Crippen LogP contribution >= 0.6 is 24.0 Å². The van der Waals surface area contributed by atoms with Crippen molar-refractivity contribution in [1.82, 2.24) is 20.4 Å². The van der Waals surface area contributed by atoms with Crippen molar-refractivity contribution in [1.29, 1.82) is 0 Å². The summed E-state index contributed by atoms with van der Waals surface area (Å²) in [6.07, 6.45) is 3.30. The van der Waals surface area contributed by atoms with Crippen molar-refractivity contribution in [2.45, 2.75) is 33.1 Å². The topological polar surface area (TPSA) is 52.1 Å². The summed E-state index contributed by atoms with van der Waals surface area (Å²) < 4.78 is 5.92. The number of likely N-dealkylation sites (N-methyl/N-ethyl adjacent to an activating group) is 1. The summed E-state index contributed by atoms with van der Waals surface area (Å²) in [6.45, 7) is 14.9. The maximum atomic E-state index is 5.92. The Morgan fingerprint density at radius 3 is 2.42 bits per heavy atom. The maximum Gasteiger partial charge on any atom is 0.191 e. The van der Waals surface area contributed by atoms with Crippen LogP contribution in [0.5, 0.6) is 5.75 Å². The SMILES string of the molecule is CCNC(=NCCCOc1ccc2ccccc2c1)NCCCCN1CCN(CC)CC1.I. The van der Waals surface area contributed by atoms with Crippen molar-refractivity contribution >= 4 is 40.7 Å². The van der Waals surface area contributed by atoms with E-state index in [9.17, 15) is 0 Å². The number of benzene rings is 2. The van der Waals surface area contributed by atoms with Gasteiger partial charge in [0.05, 0.1) is 6.61 Å². The predicted octanol–water partition coefficient (Wildman–Crippen LogP) is 4.20. The highest BCUT2D eigenvalue weighted by atomic mass is 127. The highest BCUT2D eigenvalue weighted by Crippen LogP contribution is 2.20. The van der Waals surface area contributed by atoms with Crippen molar-refractivity contribution in [3.8, 4) is 5.75 Å². The van der Waals surface area contributed by atoms with Gasteiger partial charge in [0.15, 0.2) is 5.96 Å². The molecule has 1 heterocycles. The molecule has 1 fully saturated rings. The van der Waals surface area contributed by atoms with Crippen molar-refractivity contribution in [2.75, 3.05) is 65.5 Å². The average Bonchev–Trinajstić information content (AvgIpc) is 2.83. The van der Waals surface area contributed by atoms with Crippen LogP contribution in [0.25, 0.3) is 10.8 Å². The second kappa shape index (κ2) is 16.1. The molecule has 1 aliphatic heterocycles. The molecular formula is C26H42IN5O. The summed E-state index contributed by atoms with van der Waals surface area (Å²) in [5.41, 5.74) is 0. The largest absolute Gasteiger partial charge is 0.494 e. The molecule has 1 saturated heterocycles. The summed E-state index contributed by atoms with van der Waals surface area (Å²) in [5, 5.41) is 9.27. The van der Waals surface area contributed by atoms with E-state index >= 15 is 0 Å². The van der Waals surface area contributed by atoms with Gasteiger partial charge in [0.1, 0.15) is 5.75 Å². The fourth-order valence-corrected chi connectivity index (χ4v) is 4.04. The molecule has 0 aromatic heterocycles. The molecule has 6 nitrogen and oxygen atoms in total. The smallest absolute Gasteiger partial charge is 0.191 e. The summed E-state index contributed by atoms with van der Waals surface area (Å²) in [6, 6.07) is 14.6. The van der Waals surface area contributed by atoms with Gasteiger partial charge in [-0.2, -0.15) is 0 Å². The minimum atomic E-state index is 0. The first-order valence-corrected chi connectivity index (χ1v) is 12.4. The first-order valence-electron chi connectivity index (χ1n) is 12.4. The fourth-order valence-electron chi connectivity index (χ4n) is 4.04. The molecule has 0 radical (unpaired) electrons. The lowest BCUT2D eigenvalue weighted by Crippen LogP contribution is -2.46. The number of unbranched alkanes of at least 4 members (excludes halogenated alkanes) is 1. The van der Waals surface area contributed by atoms with Gasteiger partial charge in [-0.25, -0.2) is 0 Å². The first kappa shape index (κ1) is 27.7. The molecule has 1 aliphatic rings. The zero-order valence-corrected chi connectivity index (χ0v) is 22.7. The number of ether oxygens (including phenoxy) is 1.